The Morgan fingerprint density at radius 1 is 1.69 bits per heavy atom. The van der Waals surface area contributed by atoms with Gasteiger partial charge in [-0.15, -0.1) is 0 Å². The molecule has 0 aromatic carbocycles. The molecule has 0 saturated carbocycles. The topological polar surface area (TPSA) is 52.3 Å². The van der Waals surface area contributed by atoms with Crippen LogP contribution in [0.3, 0.4) is 0 Å². The third-order valence-corrected chi connectivity index (χ3v) is 2.31. The first-order valence-electron chi connectivity index (χ1n) is 4.78. The molecule has 0 bridgehead atoms. The SMILES string of the molecule is CCC(C)OC(=O)C1C=CC(N)C1. The molecule has 74 valence electrons. The minimum absolute atomic E-state index is 0.0118. The van der Waals surface area contributed by atoms with Gasteiger partial charge in [0.2, 0.25) is 0 Å². The summed E-state index contributed by atoms with van der Waals surface area (Å²) >= 11 is 0. The highest BCUT2D eigenvalue weighted by Crippen LogP contribution is 2.18. The van der Waals surface area contributed by atoms with E-state index in [0.29, 0.717) is 6.42 Å². The minimum atomic E-state index is -0.140. The average Bonchev–Trinajstić information content (AvgIpc) is 2.51. The normalized spacial score (nSPS) is 28.8. The molecule has 3 heteroatoms. The highest BCUT2D eigenvalue weighted by molar-refractivity contribution is 5.75. The molecule has 0 aromatic rings. The van der Waals surface area contributed by atoms with Crippen LogP contribution >= 0.6 is 0 Å². The number of nitrogens with two attached hydrogens (primary N) is 1. The average molecular weight is 183 g/mol. The Kier molecular flexibility index (Phi) is 3.48. The van der Waals surface area contributed by atoms with Crippen LogP contribution in [0.2, 0.25) is 0 Å². The van der Waals surface area contributed by atoms with Crippen molar-refractivity contribution in [2.24, 2.45) is 11.7 Å². The first-order chi connectivity index (χ1) is 6.13. The van der Waals surface area contributed by atoms with E-state index in [1.54, 1.807) is 0 Å². The number of rotatable bonds is 3. The fourth-order valence-electron chi connectivity index (χ4n) is 1.27. The molecular weight excluding hydrogens is 166 g/mol. The quantitative estimate of drug-likeness (QED) is 0.529. The summed E-state index contributed by atoms with van der Waals surface area (Å²) in [6.45, 7) is 3.89. The van der Waals surface area contributed by atoms with Gasteiger partial charge in [-0.05, 0) is 19.8 Å². The lowest BCUT2D eigenvalue weighted by molar-refractivity contribution is -0.151. The molecule has 3 unspecified atom stereocenters. The van der Waals surface area contributed by atoms with Crippen molar-refractivity contribution in [3.05, 3.63) is 12.2 Å². The first-order valence-corrected chi connectivity index (χ1v) is 4.78. The van der Waals surface area contributed by atoms with E-state index in [-0.39, 0.29) is 24.0 Å². The summed E-state index contributed by atoms with van der Waals surface area (Å²) < 4.78 is 5.19. The molecular formula is C10H17NO2. The number of hydrogen-bond acceptors (Lipinski definition) is 3. The fourth-order valence-corrected chi connectivity index (χ4v) is 1.27. The van der Waals surface area contributed by atoms with Crippen molar-refractivity contribution < 1.29 is 9.53 Å². The maximum Gasteiger partial charge on any atom is 0.313 e. The van der Waals surface area contributed by atoms with Crippen LogP contribution in [0.25, 0.3) is 0 Å². The number of hydrogen-bond donors (Lipinski definition) is 1. The summed E-state index contributed by atoms with van der Waals surface area (Å²) in [7, 11) is 0. The summed E-state index contributed by atoms with van der Waals surface area (Å²) in [4.78, 5) is 11.4. The maximum absolute atomic E-state index is 11.4. The Morgan fingerprint density at radius 3 is 2.85 bits per heavy atom. The van der Waals surface area contributed by atoms with E-state index < -0.39 is 0 Å². The Hall–Kier alpha value is -0.830. The summed E-state index contributed by atoms with van der Waals surface area (Å²) in [6.07, 6.45) is 5.26. The molecule has 0 amide bonds. The van der Waals surface area contributed by atoms with Crippen LogP contribution in [-0.2, 0) is 9.53 Å². The zero-order valence-electron chi connectivity index (χ0n) is 8.19. The Bertz CT molecular complexity index is 213. The van der Waals surface area contributed by atoms with Crippen LogP contribution in [0.5, 0.6) is 0 Å². The number of esters is 1. The smallest absolute Gasteiger partial charge is 0.313 e. The molecule has 0 spiro atoms. The van der Waals surface area contributed by atoms with Gasteiger partial charge < -0.3 is 10.5 Å². The number of carbonyl (C=O) groups excluding carboxylic acids is 1. The van der Waals surface area contributed by atoms with Crippen LogP contribution in [0.1, 0.15) is 26.7 Å². The van der Waals surface area contributed by atoms with Crippen LogP contribution in [0.4, 0.5) is 0 Å². The van der Waals surface area contributed by atoms with Gasteiger partial charge in [-0.3, -0.25) is 4.79 Å². The first kappa shape index (κ1) is 10.3. The van der Waals surface area contributed by atoms with E-state index in [9.17, 15) is 4.79 Å². The fraction of sp³-hybridized carbons (Fsp3) is 0.700. The van der Waals surface area contributed by atoms with E-state index >= 15 is 0 Å². The van der Waals surface area contributed by atoms with Crippen LogP contribution in [0, 0.1) is 5.92 Å². The van der Waals surface area contributed by atoms with E-state index in [1.165, 1.54) is 0 Å². The van der Waals surface area contributed by atoms with Gasteiger partial charge in [-0.1, -0.05) is 19.1 Å². The lowest BCUT2D eigenvalue weighted by atomic mass is 10.1. The minimum Gasteiger partial charge on any atom is -0.462 e. The Morgan fingerprint density at radius 2 is 2.38 bits per heavy atom. The molecule has 2 N–H and O–H groups in total. The second kappa shape index (κ2) is 4.42. The third-order valence-electron chi connectivity index (χ3n) is 2.31. The molecule has 1 rings (SSSR count). The van der Waals surface area contributed by atoms with Crippen LogP contribution in [-0.4, -0.2) is 18.1 Å². The van der Waals surface area contributed by atoms with Crippen molar-refractivity contribution in [2.45, 2.75) is 38.8 Å². The standard InChI is InChI=1S/C10H17NO2/c1-3-7(2)13-10(12)8-4-5-9(11)6-8/h4-5,7-9H,3,6,11H2,1-2H3. The van der Waals surface area contributed by atoms with Crippen molar-refractivity contribution >= 4 is 5.97 Å². The molecule has 0 aromatic heterocycles. The van der Waals surface area contributed by atoms with Crippen LogP contribution in [0.15, 0.2) is 12.2 Å². The molecule has 3 atom stereocenters. The third kappa shape index (κ3) is 2.84. The van der Waals surface area contributed by atoms with Crippen molar-refractivity contribution in [3.63, 3.8) is 0 Å². The van der Waals surface area contributed by atoms with Gasteiger partial charge in [0.05, 0.1) is 12.0 Å². The van der Waals surface area contributed by atoms with Gasteiger partial charge in [0.1, 0.15) is 0 Å². The van der Waals surface area contributed by atoms with Gasteiger partial charge in [0.15, 0.2) is 0 Å². The van der Waals surface area contributed by atoms with Crippen LogP contribution < -0.4 is 5.73 Å². The van der Waals surface area contributed by atoms with Crippen molar-refractivity contribution in [1.29, 1.82) is 0 Å². The molecule has 0 fully saturated rings. The van der Waals surface area contributed by atoms with E-state index in [4.69, 9.17) is 10.5 Å². The van der Waals surface area contributed by atoms with E-state index in [0.717, 1.165) is 6.42 Å². The molecule has 13 heavy (non-hydrogen) atoms. The second-order valence-electron chi connectivity index (χ2n) is 3.55. The second-order valence-corrected chi connectivity index (χ2v) is 3.55. The van der Waals surface area contributed by atoms with Gasteiger partial charge in [0, 0.05) is 6.04 Å². The summed E-state index contributed by atoms with van der Waals surface area (Å²) in [5.41, 5.74) is 5.63. The predicted octanol–water partition coefficient (Wildman–Crippen LogP) is 1.23. The zero-order chi connectivity index (χ0) is 9.84. The predicted molar refractivity (Wildman–Crippen MR) is 51.1 cm³/mol. The lowest BCUT2D eigenvalue weighted by Gasteiger charge is -2.14. The summed E-state index contributed by atoms with van der Waals surface area (Å²) in [5.74, 6) is -0.262. The lowest BCUT2D eigenvalue weighted by Crippen LogP contribution is -2.23. The summed E-state index contributed by atoms with van der Waals surface area (Å²) in [6, 6.07) is 0.0227. The monoisotopic (exact) mass is 183 g/mol. The zero-order valence-corrected chi connectivity index (χ0v) is 8.19. The van der Waals surface area contributed by atoms with Gasteiger partial charge in [-0.25, -0.2) is 0 Å². The van der Waals surface area contributed by atoms with Crippen molar-refractivity contribution in [2.75, 3.05) is 0 Å². The van der Waals surface area contributed by atoms with E-state index in [2.05, 4.69) is 0 Å². The molecule has 0 heterocycles. The van der Waals surface area contributed by atoms with Gasteiger partial charge in [0.25, 0.3) is 0 Å². The molecule has 1 aliphatic carbocycles. The van der Waals surface area contributed by atoms with Crippen molar-refractivity contribution in [1.82, 2.24) is 0 Å². The molecule has 0 saturated heterocycles. The molecule has 3 nitrogen and oxygen atoms in total. The number of ether oxygens (including phenoxy) is 1. The van der Waals surface area contributed by atoms with Crippen molar-refractivity contribution in [3.8, 4) is 0 Å². The maximum atomic E-state index is 11.4. The molecule has 1 aliphatic rings. The summed E-state index contributed by atoms with van der Waals surface area (Å²) in [5, 5.41) is 0. The molecule has 0 aliphatic heterocycles. The highest BCUT2D eigenvalue weighted by atomic mass is 16.5. The van der Waals surface area contributed by atoms with Gasteiger partial charge in [-0.2, -0.15) is 0 Å². The largest absolute Gasteiger partial charge is 0.462 e. The highest BCUT2D eigenvalue weighted by Gasteiger charge is 2.24. The number of carbonyl (C=O) groups is 1. The van der Waals surface area contributed by atoms with Gasteiger partial charge >= 0.3 is 5.97 Å². The Balaban J connectivity index is 2.37. The Labute approximate surface area is 78.9 Å². The van der Waals surface area contributed by atoms with E-state index in [1.807, 2.05) is 26.0 Å². The molecule has 0 radical (unpaired) electrons.